The van der Waals surface area contributed by atoms with Gasteiger partial charge >= 0.3 is 0 Å². The number of amides is 1. The highest BCUT2D eigenvalue weighted by Gasteiger charge is 2.12. The average molecular weight is 289 g/mol. The summed E-state index contributed by atoms with van der Waals surface area (Å²) in [5.74, 6) is 0.222. The summed E-state index contributed by atoms with van der Waals surface area (Å²) in [7, 11) is 0. The van der Waals surface area contributed by atoms with Crippen molar-refractivity contribution in [2.75, 3.05) is 5.32 Å². The van der Waals surface area contributed by atoms with Gasteiger partial charge in [0.05, 0.1) is 5.56 Å². The second kappa shape index (κ2) is 6.53. The maximum absolute atomic E-state index is 12.2. The van der Waals surface area contributed by atoms with Gasteiger partial charge in [0.15, 0.2) is 0 Å². The molecule has 0 saturated heterocycles. The van der Waals surface area contributed by atoms with Crippen LogP contribution in [0.5, 0.6) is 0 Å². The van der Waals surface area contributed by atoms with Gasteiger partial charge in [-0.05, 0) is 36.1 Å². The van der Waals surface area contributed by atoms with E-state index in [2.05, 4.69) is 24.1 Å². The predicted molar refractivity (Wildman–Crippen MR) is 82.3 cm³/mol. The van der Waals surface area contributed by atoms with Crippen molar-refractivity contribution in [1.82, 2.24) is 4.98 Å². The van der Waals surface area contributed by atoms with Crippen LogP contribution < -0.4 is 5.32 Å². The van der Waals surface area contributed by atoms with Crippen LogP contribution in [0.25, 0.3) is 0 Å². The van der Waals surface area contributed by atoms with E-state index in [1.165, 1.54) is 6.20 Å². The number of hydrogen-bond donors (Lipinski definition) is 1. The van der Waals surface area contributed by atoms with Gasteiger partial charge in [-0.25, -0.2) is 4.98 Å². The number of hydrogen-bond acceptors (Lipinski definition) is 2. The van der Waals surface area contributed by atoms with E-state index in [9.17, 15) is 4.79 Å². The summed E-state index contributed by atoms with van der Waals surface area (Å²) in [6.07, 6.45) is 2.50. The van der Waals surface area contributed by atoms with Crippen molar-refractivity contribution in [3.8, 4) is 0 Å². The zero-order valence-corrected chi connectivity index (χ0v) is 12.3. The van der Waals surface area contributed by atoms with Crippen molar-refractivity contribution < 1.29 is 4.79 Å². The molecule has 4 heteroatoms. The van der Waals surface area contributed by atoms with Gasteiger partial charge in [-0.15, -0.1) is 0 Å². The Morgan fingerprint density at radius 3 is 2.70 bits per heavy atom. The molecule has 0 spiro atoms. The third-order valence-corrected chi connectivity index (χ3v) is 3.57. The molecule has 2 rings (SSSR count). The highest BCUT2D eigenvalue weighted by Crippen LogP contribution is 2.26. The van der Waals surface area contributed by atoms with E-state index < -0.39 is 0 Å². The Morgan fingerprint density at radius 2 is 2.05 bits per heavy atom. The van der Waals surface area contributed by atoms with E-state index in [-0.39, 0.29) is 5.91 Å². The van der Waals surface area contributed by atoms with Crippen LogP contribution in [0.3, 0.4) is 0 Å². The number of nitrogens with one attached hydrogen (secondary N) is 1. The van der Waals surface area contributed by atoms with Crippen LogP contribution >= 0.6 is 11.6 Å². The fraction of sp³-hybridized carbons (Fsp3) is 0.250. The lowest BCUT2D eigenvalue weighted by atomic mass is 9.97. The van der Waals surface area contributed by atoms with Crippen LogP contribution in [0.1, 0.15) is 42.1 Å². The molecule has 0 radical (unpaired) electrons. The fourth-order valence-corrected chi connectivity index (χ4v) is 2.08. The van der Waals surface area contributed by atoms with Crippen molar-refractivity contribution in [3.63, 3.8) is 0 Å². The summed E-state index contributed by atoms with van der Waals surface area (Å²) in [5.41, 5.74) is 2.49. The maximum atomic E-state index is 12.2. The molecule has 1 unspecified atom stereocenters. The topological polar surface area (TPSA) is 42.0 Å². The molecule has 1 aromatic heterocycles. The lowest BCUT2D eigenvalue weighted by Crippen LogP contribution is -2.14. The van der Waals surface area contributed by atoms with Gasteiger partial charge in [-0.3, -0.25) is 4.79 Å². The molecule has 0 bridgehead atoms. The van der Waals surface area contributed by atoms with Crippen molar-refractivity contribution in [2.24, 2.45) is 0 Å². The second-order valence-electron chi connectivity index (χ2n) is 4.72. The van der Waals surface area contributed by atoms with Gasteiger partial charge < -0.3 is 5.32 Å². The number of para-hydroxylation sites is 1. The number of carbonyl (C=O) groups is 1. The van der Waals surface area contributed by atoms with Gasteiger partial charge in [0.2, 0.25) is 0 Å². The van der Waals surface area contributed by atoms with Crippen molar-refractivity contribution in [3.05, 3.63) is 58.9 Å². The first kappa shape index (κ1) is 14.5. The van der Waals surface area contributed by atoms with E-state index in [1.54, 1.807) is 12.1 Å². The summed E-state index contributed by atoms with van der Waals surface area (Å²) in [6, 6.07) is 11.1. The number of nitrogens with zero attached hydrogens (tertiary/aromatic N) is 1. The van der Waals surface area contributed by atoms with Crippen molar-refractivity contribution in [1.29, 1.82) is 0 Å². The monoisotopic (exact) mass is 288 g/mol. The molecule has 1 atom stereocenters. The minimum atomic E-state index is -0.176. The maximum Gasteiger partial charge on any atom is 0.257 e. The van der Waals surface area contributed by atoms with Crippen LogP contribution in [-0.2, 0) is 0 Å². The first-order valence-corrected chi connectivity index (χ1v) is 7.01. The SMILES string of the molecule is CCC(C)c1ccccc1NC(=O)c1ccc(Cl)nc1. The molecule has 0 fully saturated rings. The zero-order valence-electron chi connectivity index (χ0n) is 11.6. The minimum absolute atomic E-state index is 0.176. The number of halogens is 1. The molecule has 0 aliphatic heterocycles. The summed E-state index contributed by atoms with van der Waals surface area (Å²) < 4.78 is 0. The van der Waals surface area contributed by atoms with E-state index in [4.69, 9.17) is 11.6 Å². The number of pyridine rings is 1. The molecule has 104 valence electrons. The first-order valence-electron chi connectivity index (χ1n) is 6.63. The molecule has 1 amide bonds. The summed E-state index contributed by atoms with van der Waals surface area (Å²) in [4.78, 5) is 16.1. The second-order valence-corrected chi connectivity index (χ2v) is 5.11. The molecule has 0 saturated carbocycles. The van der Waals surface area contributed by atoms with Crippen molar-refractivity contribution >= 4 is 23.2 Å². The van der Waals surface area contributed by atoms with Crippen LogP contribution in [0, 0.1) is 0 Å². The Kier molecular flexibility index (Phi) is 4.74. The molecular weight excluding hydrogens is 272 g/mol. The number of rotatable bonds is 4. The van der Waals surface area contributed by atoms with E-state index in [0.717, 1.165) is 17.7 Å². The van der Waals surface area contributed by atoms with Gasteiger partial charge in [0.25, 0.3) is 5.91 Å². The van der Waals surface area contributed by atoms with Crippen LogP contribution in [-0.4, -0.2) is 10.9 Å². The average Bonchev–Trinajstić information content (AvgIpc) is 2.47. The van der Waals surface area contributed by atoms with Crippen molar-refractivity contribution in [2.45, 2.75) is 26.2 Å². The first-order chi connectivity index (χ1) is 9.61. The van der Waals surface area contributed by atoms with Gasteiger partial charge in [-0.2, -0.15) is 0 Å². The van der Waals surface area contributed by atoms with Gasteiger partial charge in [0.1, 0.15) is 5.15 Å². The Morgan fingerprint density at radius 1 is 1.30 bits per heavy atom. The third kappa shape index (κ3) is 3.36. The Labute approximate surface area is 124 Å². The van der Waals surface area contributed by atoms with E-state index >= 15 is 0 Å². The molecule has 1 heterocycles. The Bertz CT molecular complexity index is 596. The lowest BCUT2D eigenvalue weighted by Gasteiger charge is -2.15. The highest BCUT2D eigenvalue weighted by molar-refractivity contribution is 6.29. The largest absolute Gasteiger partial charge is 0.322 e. The highest BCUT2D eigenvalue weighted by atomic mass is 35.5. The van der Waals surface area contributed by atoms with E-state index in [0.29, 0.717) is 16.6 Å². The third-order valence-electron chi connectivity index (χ3n) is 3.34. The number of aromatic nitrogens is 1. The number of benzene rings is 1. The lowest BCUT2D eigenvalue weighted by molar-refractivity contribution is 0.102. The number of anilines is 1. The smallest absolute Gasteiger partial charge is 0.257 e. The fourth-order valence-electron chi connectivity index (χ4n) is 1.97. The summed E-state index contributed by atoms with van der Waals surface area (Å²) >= 11 is 5.72. The van der Waals surface area contributed by atoms with Gasteiger partial charge in [-0.1, -0.05) is 43.6 Å². The van der Waals surface area contributed by atoms with Crippen LogP contribution in [0.4, 0.5) is 5.69 Å². The quantitative estimate of drug-likeness (QED) is 0.842. The standard InChI is InChI=1S/C16H17ClN2O/c1-3-11(2)13-6-4-5-7-14(13)19-16(20)12-8-9-15(17)18-10-12/h4-11H,3H2,1-2H3,(H,19,20). The molecular formula is C16H17ClN2O. The molecule has 1 aromatic carbocycles. The summed E-state index contributed by atoms with van der Waals surface area (Å²) in [6.45, 7) is 4.28. The molecule has 0 aliphatic carbocycles. The van der Waals surface area contributed by atoms with Gasteiger partial charge in [0, 0.05) is 11.9 Å². The summed E-state index contributed by atoms with van der Waals surface area (Å²) in [5, 5.41) is 3.32. The van der Waals surface area contributed by atoms with E-state index in [1.807, 2.05) is 24.3 Å². The van der Waals surface area contributed by atoms with Crippen LogP contribution in [0.2, 0.25) is 5.15 Å². The molecule has 2 aromatic rings. The molecule has 1 N–H and O–H groups in total. The minimum Gasteiger partial charge on any atom is -0.322 e. The Balaban J connectivity index is 2.21. The Hall–Kier alpha value is -1.87. The molecule has 0 aliphatic rings. The zero-order chi connectivity index (χ0) is 14.5. The normalized spacial score (nSPS) is 11.9. The predicted octanol–water partition coefficient (Wildman–Crippen LogP) is 4.50. The number of carbonyl (C=O) groups excluding carboxylic acids is 1. The van der Waals surface area contributed by atoms with Crippen LogP contribution in [0.15, 0.2) is 42.6 Å². The molecule has 20 heavy (non-hydrogen) atoms. The molecule has 3 nitrogen and oxygen atoms in total.